The van der Waals surface area contributed by atoms with E-state index in [2.05, 4.69) is 25.8 Å². The van der Waals surface area contributed by atoms with Crippen LogP contribution in [0.5, 0.6) is 0 Å². The van der Waals surface area contributed by atoms with Crippen LogP contribution in [0.3, 0.4) is 0 Å². The third kappa shape index (κ3) is 7.74. The first-order valence-electron chi connectivity index (χ1n) is 11.5. The summed E-state index contributed by atoms with van der Waals surface area (Å²) in [6.07, 6.45) is 0. The molecule has 5 rings (SSSR count). The average molecular weight is 699 g/mol. The first kappa shape index (κ1) is 36.2. The summed E-state index contributed by atoms with van der Waals surface area (Å²) in [5.74, 6) is -3.78. The summed E-state index contributed by atoms with van der Waals surface area (Å²) in [7, 11) is 1.64. The normalized spacial score (nSPS) is 18.1. The number of nitrogens with zero attached hydrogens (tertiary/aromatic N) is 6. The molecule has 2 amide bonds. The molecule has 2 aliphatic rings. The van der Waals surface area contributed by atoms with Crippen molar-refractivity contribution >= 4 is 87.1 Å². The smallest absolute Gasteiger partial charge is 0.545 e. The summed E-state index contributed by atoms with van der Waals surface area (Å²) in [6, 6.07) is 2.99. The number of aryl methyl sites for hydroxylation is 1. The summed E-state index contributed by atoms with van der Waals surface area (Å²) in [6.45, 7) is 0. The number of rotatable bonds is 10. The number of nitrogens with one attached hydrogen (secondary N) is 1. The molecule has 0 saturated carbocycles. The number of hydrogen-bond donors (Lipinski definition) is 2. The first-order chi connectivity index (χ1) is 19.5. The van der Waals surface area contributed by atoms with Gasteiger partial charge >= 0.3 is 59.1 Å². The van der Waals surface area contributed by atoms with Crippen LogP contribution in [0.25, 0.3) is 0 Å². The molecule has 43 heavy (non-hydrogen) atoms. The number of halogens is 1. The van der Waals surface area contributed by atoms with Gasteiger partial charge in [-0.25, -0.2) is 9.67 Å². The number of anilines is 1. The molecule has 1 fully saturated rings. The minimum atomic E-state index is -1.51. The number of carboxylic acids is 2. The molecule has 21 heteroatoms. The summed E-state index contributed by atoms with van der Waals surface area (Å²) >= 11 is 10.5. The largest absolute Gasteiger partial charge is 1.00 e. The Labute approximate surface area is 309 Å². The Morgan fingerprint density at radius 1 is 1.26 bits per heavy atom. The van der Waals surface area contributed by atoms with Gasteiger partial charge < -0.3 is 30.9 Å². The fraction of sp³-hybridized carbons (Fsp3) is 0.273. The number of thiazole rings is 1. The summed E-state index contributed by atoms with van der Waals surface area (Å²) in [4.78, 5) is 55.9. The van der Waals surface area contributed by atoms with E-state index in [1.165, 1.54) is 46.4 Å². The van der Waals surface area contributed by atoms with Crippen molar-refractivity contribution in [1.82, 2.24) is 35.4 Å². The van der Waals surface area contributed by atoms with E-state index in [4.69, 9.17) is 17.3 Å². The van der Waals surface area contributed by atoms with Gasteiger partial charge in [-0.2, -0.15) is 0 Å². The summed E-state index contributed by atoms with van der Waals surface area (Å²) in [5, 5.41) is 38.2. The van der Waals surface area contributed by atoms with Crippen LogP contribution in [0.15, 0.2) is 44.9 Å². The van der Waals surface area contributed by atoms with Crippen molar-refractivity contribution in [1.29, 1.82) is 0 Å². The average Bonchev–Trinajstić information content (AvgIpc) is 3.55. The van der Waals surface area contributed by atoms with Gasteiger partial charge in [0.1, 0.15) is 16.7 Å². The van der Waals surface area contributed by atoms with Crippen molar-refractivity contribution < 1.29 is 88.5 Å². The number of aromatic nitrogens is 5. The number of benzene rings is 1. The van der Waals surface area contributed by atoms with Gasteiger partial charge in [0, 0.05) is 39.4 Å². The molecule has 1 aromatic carbocycles. The second-order valence-corrected chi connectivity index (χ2v) is 13.1. The van der Waals surface area contributed by atoms with E-state index < -0.39 is 40.4 Å². The van der Waals surface area contributed by atoms with Gasteiger partial charge in [0.05, 0.1) is 23.3 Å². The van der Waals surface area contributed by atoms with E-state index in [1.807, 2.05) is 0 Å². The van der Waals surface area contributed by atoms with Crippen LogP contribution in [-0.2, 0) is 21.4 Å². The number of nitrogens with two attached hydrogens (primary N) is 1. The second-order valence-electron chi connectivity index (χ2n) is 8.55. The molecule has 2 aromatic heterocycles. The Morgan fingerprint density at radius 3 is 2.60 bits per heavy atom. The van der Waals surface area contributed by atoms with E-state index in [-0.39, 0.29) is 103 Å². The molecule has 2 unspecified atom stereocenters. The summed E-state index contributed by atoms with van der Waals surface area (Å²) < 4.78 is 1.44. The Morgan fingerprint density at radius 2 is 2.00 bits per heavy atom. The molecule has 3 aromatic rings. The Balaban J connectivity index is 0.00000253. The Hall–Kier alpha value is -1.32. The molecule has 3 atom stereocenters. The van der Waals surface area contributed by atoms with Gasteiger partial charge in [-0.3, -0.25) is 14.5 Å². The summed E-state index contributed by atoms with van der Waals surface area (Å²) in [5.41, 5.74) is 6.05. The number of thioether (sulfide) groups is 3. The van der Waals surface area contributed by atoms with E-state index in [0.29, 0.717) is 10.7 Å². The van der Waals surface area contributed by atoms with E-state index >= 15 is 0 Å². The maximum Gasteiger partial charge on any atom is 1.00 e. The molecule has 3 N–H and O–H groups in total. The number of carbonyl (C=O) groups excluding carboxylic acids is 4. The molecule has 2 aliphatic heterocycles. The number of aliphatic carboxylic acids is 1. The monoisotopic (exact) mass is 698 g/mol. The molecule has 14 nitrogen and oxygen atoms in total. The van der Waals surface area contributed by atoms with Crippen molar-refractivity contribution in [3.63, 3.8) is 0 Å². The van der Waals surface area contributed by atoms with Crippen LogP contribution in [0.4, 0.5) is 5.13 Å². The molecule has 4 heterocycles. The number of nitrogen functional groups attached to an aromatic ring is 1. The number of fused-ring (bicyclic) bond motifs is 1. The maximum atomic E-state index is 13.5. The minimum Gasteiger partial charge on any atom is -0.545 e. The first-order valence-corrected chi connectivity index (χ1v) is 15.6. The van der Waals surface area contributed by atoms with Gasteiger partial charge in [-0.05, 0) is 28.1 Å². The standard InChI is InChI=1S/C22H19ClN8O6S4.2Na/c1-30-22(27-28-29-30)40-6-8-5-38-18-13(17(33)31(18)14(8)20(36)37)26-16(32)15(11-7-39-21(24)25-11)41-12-4-9(23)2-3-10(12)19(34)35;;/h2-4,7,13,15,18H,5-6H2,1H3,(H2,24,25)(H,26,32)(H,34,35)(H,36,37);;/q;2*+1/p-2/t13?,15?,18-;;/m0../s1. The molecule has 0 spiro atoms. The van der Waals surface area contributed by atoms with E-state index in [1.54, 1.807) is 12.4 Å². The fourth-order valence-electron chi connectivity index (χ4n) is 4.07. The molecular weight excluding hydrogens is 682 g/mol. The zero-order chi connectivity index (χ0) is 29.4. The topological polar surface area (TPSA) is 212 Å². The number of carbonyl (C=O) groups is 4. The van der Waals surface area contributed by atoms with E-state index in [9.17, 15) is 29.4 Å². The van der Waals surface area contributed by atoms with Crippen molar-refractivity contribution in [3.05, 3.63) is 51.1 Å². The third-order valence-electron chi connectivity index (χ3n) is 5.95. The predicted octanol–water partition coefficient (Wildman–Crippen LogP) is -6.70. The number of carboxylic acid groups (broad SMARTS) is 2. The quantitative estimate of drug-likeness (QED) is 0.115. The molecule has 214 valence electrons. The van der Waals surface area contributed by atoms with Crippen LogP contribution in [-0.4, -0.2) is 76.8 Å². The third-order valence-corrected chi connectivity index (χ3v) is 10.6. The zero-order valence-corrected chi connectivity index (χ0v) is 30.7. The van der Waals surface area contributed by atoms with Crippen LogP contribution >= 0.6 is 58.2 Å². The predicted molar refractivity (Wildman–Crippen MR) is 147 cm³/mol. The number of amides is 2. The SMILES string of the molecule is Cn1nnnc1SCC1=C(C(=O)[O-])N2C(=O)C(NC(=O)C(Sc3cc(Cl)ccc3C(=O)[O-])c3csc(N)n3)[C@@H]2SC1.[Na+].[Na+]. The Kier molecular flexibility index (Phi) is 12.9. The van der Waals surface area contributed by atoms with E-state index in [0.717, 1.165) is 28.0 Å². The van der Waals surface area contributed by atoms with Gasteiger partial charge in [0.25, 0.3) is 5.91 Å². The Bertz CT molecular complexity index is 1610. The van der Waals surface area contributed by atoms with Crippen LogP contribution in [0.1, 0.15) is 21.3 Å². The van der Waals surface area contributed by atoms with Crippen LogP contribution in [0.2, 0.25) is 5.02 Å². The van der Waals surface area contributed by atoms with Crippen LogP contribution < -0.4 is 80.4 Å². The number of hydrogen-bond acceptors (Lipinski definition) is 15. The van der Waals surface area contributed by atoms with Gasteiger partial charge in [-0.15, -0.1) is 40.0 Å². The molecule has 0 radical (unpaired) electrons. The van der Waals surface area contributed by atoms with Crippen molar-refractivity contribution in [2.75, 3.05) is 17.2 Å². The molecule has 0 bridgehead atoms. The number of aromatic carboxylic acids is 1. The van der Waals surface area contributed by atoms with Crippen molar-refractivity contribution in [3.8, 4) is 0 Å². The zero-order valence-electron chi connectivity index (χ0n) is 22.7. The maximum absolute atomic E-state index is 13.5. The molecule has 0 aliphatic carbocycles. The number of tetrazole rings is 1. The second kappa shape index (κ2) is 15.3. The minimum absolute atomic E-state index is 0. The molecule has 1 saturated heterocycles. The number of β-lactam (4-membered cyclic amide) rings is 1. The van der Waals surface area contributed by atoms with Crippen molar-refractivity contribution in [2.45, 2.75) is 26.7 Å². The van der Waals surface area contributed by atoms with Crippen LogP contribution in [0, 0.1) is 0 Å². The molecular formula is C22H17ClN8Na2O6S4. The van der Waals surface area contributed by atoms with Gasteiger partial charge in [-0.1, -0.05) is 29.4 Å². The van der Waals surface area contributed by atoms with Gasteiger partial charge in [0.2, 0.25) is 11.1 Å². The van der Waals surface area contributed by atoms with Crippen molar-refractivity contribution in [2.24, 2.45) is 7.05 Å². The fourth-order valence-corrected chi connectivity index (χ4v) is 8.46. The van der Waals surface area contributed by atoms with Gasteiger partial charge in [0.15, 0.2) is 5.13 Å².